The molecule has 1 saturated heterocycles. The SMILES string of the molecule is CC1CCN(CC(O)Cn2nnnc2C(C)(C)C)CC1. The average molecular weight is 281 g/mol. The summed E-state index contributed by atoms with van der Waals surface area (Å²) in [4.78, 5) is 2.34. The third-order valence-electron chi connectivity index (χ3n) is 3.93. The minimum Gasteiger partial charge on any atom is -0.390 e. The Bertz CT molecular complexity index is 417. The number of hydrogen-bond donors (Lipinski definition) is 1. The van der Waals surface area contributed by atoms with Gasteiger partial charge in [-0.15, -0.1) is 5.10 Å². The van der Waals surface area contributed by atoms with Crippen molar-refractivity contribution in [3.63, 3.8) is 0 Å². The number of aromatic nitrogens is 4. The van der Waals surface area contributed by atoms with Crippen LogP contribution >= 0.6 is 0 Å². The van der Waals surface area contributed by atoms with Gasteiger partial charge in [0.15, 0.2) is 5.82 Å². The predicted octanol–water partition coefficient (Wildman–Crippen LogP) is 1.06. The van der Waals surface area contributed by atoms with Gasteiger partial charge in [0.25, 0.3) is 0 Å². The van der Waals surface area contributed by atoms with Crippen molar-refractivity contribution in [1.82, 2.24) is 25.1 Å². The molecule has 1 aromatic heterocycles. The smallest absolute Gasteiger partial charge is 0.156 e. The van der Waals surface area contributed by atoms with E-state index < -0.39 is 6.10 Å². The zero-order chi connectivity index (χ0) is 14.8. The van der Waals surface area contributed by atoms with Gasteiger partial charge in [0.1, 0.15) is 0 Å². The van der Waals surface area contributed by atoms with E-state index in [1.54, 1.807) is 4.68 Å². The van der Waals surface area contributed by atoms with Gasteiger partial charge in [0.2, 0.25) is 0 Å². The summed E-state index contributed by atoms with van der Waals surface area (Å²) >= 11 is 0. The van der Waals surface area contributed by atoms with Crippen LogP contribution in [0.2, 0.25) is 0 Å². The molecule has 1 aliphatic heterocycles. The van der Waals surface area contributed by atoms with E-state index in [9.17, 15) is 5.11 Å². The number of piperidine rings is 1. The molecule has 1 N–H and O–H groups in total. The van der Waals surface area contributed by atoms with E-state index in [0.717, 1.165) is 24.8 Å². The summed E-state index contributed by atoms with van der Waals surface area (Å²) in [5, 5.41) is 22.1. The second-order valence-corrected chi connectivity index (χ2v) is 7.07. The van der Waals surface area contributed by atoms with Crippen LogP contribution in [0.3, 0.4) is 0 Å². The maximum atomic E-state index is 10.3. The maximum absolute atomic E-state index is 10.3. The Morgan fingerprint density at radius 3 is 2.50 bits per heavy atom. The van der Waals surface area contributed by atoms with Crippen LogP contribution in [0.4, 0.5) is 0 Å². The van der Waals surface area contributed by atoms with Crippen molar-refractivity contribution >= 4 is 0 Å². The van der Waals surface area contributed by atoms with Gasteiger partial charge in [-0.1, -0.05) is 27.7 Å². The Balaban J connectivity index is 1.89. The minimum absolute atomic E-state index is 0.107. The fourth-order valence-corrected chi connectivity index (χ4v) is 2.66. The van der Waals surface area contributed by atoms with E-state index >= 15 is 0 Å². The number of β-amino-alcohol motifs (C(OH)–C–C–N with tert-alkyl or cyclic N) is 1. The monoisotopic (exact) mass is 281 g/mol. The fourth-order valence-electron chi connectivity index (χ4n) is 2.66. The first-order valence-corrected chi connectivity index (χ1v) is 7.53. The van der Waals surface area contributed by atoms with Crippen LogP contribution in [-0.4, -0.2) is 56.0 Å². The highest BCUT2D eigenvalue weighted by atomic mass is 16.3. The molecule has 0 aliphatic carbocycles. The Hall–Kier alpha value is -1.01. The van der Waals surface area contributed by atoms with Gasteiger partial charge in [0, 0.05) is 12.0 Å². The molecule has 6 heteroatoms. The molecule has 1 aromatic rings. The molecular weight excluding hydrogens is 254 g/mol. The van der Waals surface area contributed by atoms with E-state index in [4.69, 9.17) is 0 Å². The molecule has 20 heavy (non-hydrogen) atoms. The molecule has 6 nitrogen and oxygen atoms in total. The second kappa shape index (κ2) is 6.18. The molecule has 0 saturated carbocycles. The van der Waals surface area contributed by atoms with E-state index in [1.165, 1.54) is 12.8 Å². The summed E-state index contributed by atoms with van der Waals surface area (Å²) in [6, 6.07) is 0. The average Bonchev–Trinajstić information content (AvgIpc) is 2.80. The normalized spacial score (nSPS) is 20.2. The predicted molar refractivity (Wildman–Crippen MR) is 77.4 cm³/mol. The zero-order valence-electron chi connectivity index (χ0n) is 13.1. The summed E-state index contributed by atoms with van der Waals surface area (Å²) in [6.45, 7) is 11.9. The number of tetrazole rings is 1. The van der Waals surface area contributed by atoms with Crippen LogP contribution in [0.25, 0.3) is 0 Å². The lowest BCUT2D eigenvalue weighted by Gasteiger charge is -2.31. The van der Waals surface area contributed by atoms with Crippen LogP contribution in [0.5, 0.6) is 0 Å². The van der Waals surface area contributed by atoms with E-state index in [2.05, 4.69) is 48.1 Å². The number of likely N-dealkylation sites (tertiary alicyclic amines) is 1. The molecular formula is C14H27N5O. The van der Waals surface area contributed by atoms with Crippen LogP contribution in [0.1, 0.15) is 46.4 Å². The van der Waals surface area contributed by atoms with Crippen molar-refractivity contribution in [2.24, 2.45) is 5.92 Å². The molecule has 2 rings (SSSR count). The third-order valence-corrected chi connectivity index (χ3v) is 3.93. The van der Waals surface area contributed by atoms with Crippen molar-refractivity contribution < 1.29 is 5.11 Å². The first-order chi connectivity index (χ1) is 9.36. The van der Waals surface area contributed by atoms with Crippen LogP contribution in [0, 0.1) is 5.92 Å². The molecule has 0 amide bonds. The largest absolute Gasteiger partial charge is 0.390 e. The summed E-state index contributed by atoms with van der Waals surface area (Å²) in [5.41, 5.74) is -0.107. The maximum Gasteiger partial charge on any atom is 0.156 e. The third kappa shape index (κ3) is 3.99. The number of rotatable bonds is 4. The Kier molecular flexibility index (Phi) is 4.75. The number of hydrogen-bond acceptors (Lipinski definition) is 5. The molecule has 0 aromatic carbocycles. The second-order valence-electron chi connectivity index (χ2n) is 7.07. The lowest BCUT2D eigenvalue weighted by Crippen LogP contribution is -2.40. The molecule has 1 fully saturated rings. The van der Waals surface area contributed by atoms with Gasteiger partial charge >= 0.3 is 0 Å². The quantitative estimate of drug-likeness (QED) is 0.894. The highest BCUT2D eigenvalue weighted by Crippen LogP contribution is 2.19. The van der Waals surface area contributed by atoms with Crippen molar-refractivity contribution in [3.8, 4) is 0 Å². The van der Waals surface area contributed by atoms with Crippen molar-refractivity contribution in [1.29, 1.82) is 0 Å². The van der Waals surface area contributed by atoms with Gasteiger partial charge in [-0.3, -0.25) is 0 Å². The molecule has 0 radical (unpaired) electrons. The Morgan fingerprint density at radius 2 is 1.90 bits per heavy atom. The summed E-state index contributed by atoms with van der Waals surface area (Å²) < 4.78 is 1.73. The minimum atomic E-state index is -0.423. The van der Waals surface area contributed by atoms with Crippen molar-refractivity contribution in [2.75, 3.05) is 19.6 Å². The first-order valence-electron chi connectivity index (χ1n) is 7.53. The highest BCUT2D eigenvalue weighted by molar-refractivity contribution is 4.98. The molecule has 1 atom stereocenters. The van der Waals surface area contributed by atoms with Crippen LogP contribution in [0.15, 0.2) is 0 Å². The highest BCUT2D eigenvalue weighted by Gasteiger charge is 2.24. The van der Waals surface area contributed by atoms with E-state index in [1.807, 2.05) is 0 Å². The topological polar surface area (TPSA) is 67.1 Å². The van der Waals surface area contributed by atoms with Crippen molar-refractivity contribution in [2.45, 2.75) is 58.6 Å². The Labute approximate surface area is 121 Å². The molecule has 2 heterocycles. The number of aliphatic hydroxyl groups excluding tert-OH is 1. The molecule has 1 aliphatic rings. The fraction of sp³-hybridized carbons (Fsp3) is 0.929. The molecule has 0 bridgehead atoms. The summed E-state index contributed by atoms with van der Waals surface area (Å²) in [6.07, 6.45) is 2.03. The number of nitrogens with zero attached hydrogens (tertiary/aromatic N) is 5. The standard InChI is InChI=1S/C14H27N5O/c1-11-5-7-18(8-6-11)9-12(20)10-19-13(14(2,3)4)15-16-17-19/h11-12,20H,5-10H2,1-4H3. The molecule has 1 unspecified atom stereocenters. The summed E-state index contributed by atoms with van der Waals surface area (Å²) in [7, 11) is 0. The van der Waals surface area contributed by atoms with E-state index in [-0.39, 0.29) is 5.41 Å². The van der Waals surface area contributed by atoms with Gasteiger partial charge in [-0.05, 0) is 42.3 Å². The Morgan fingerprint density at radius 1 is 1.25 bits per heavy atom. The van der Waals surface area contributed by atoms with Gasteiger partial charge in [0.05, 0.1) is 12.6 Å². The van der Waals surface area contributed by atoms with Crippen molar-refractivity contribution in [3.05, 3.63) is 5.82 Å². The molecule has 0 spiro atoms. The van der Waals surface area contributed by atoms with Gasteiger partial charge in [-0.25, -0.2) is 4.68 Å². The van der Waals surface area contributed by atoms with Crippen LogP contribution < -0.4 is 0 Å². The van der Waals surface area contributed by atoms with Gasteiger partial charge in [-0.2, -0.15) is 0 Å². The first kappa shape index (κ1) is 15.4. The number of aliphatic hydroxyl groups is 1. The lowest BCUT2D eigenvalue weighted by molar-refractivity contribution is 0.0760. The molecule has 114 valence electrons. The van der Waals surface area contributed by atoms with Crippen LogP contribution in [-0.2, 0) is 12.0 Å². The summed E-state index contributed by atoms with van der Waals surface area (Å²) in [5.74, 6) is 1.64. The van der Waals surface area contributed by atoms with Gasteiger partial charge < -0.3 is 10.0 Å². The van der Waals surface area contributed by atoms with E-state index in [0.29, 0.717) is 13.1 Å². The zero-order valence-corrected chi connectivity index (χ0v) is 13.1. The lowest BCUT2D eigenvalue weighted by atomic mass is 9.96.